The van der Waals surface area contributed by atoms with E-state index in [2.05, 4.69) is 40.2 Å². The van der Waals surface area contributed by atoms with Crippen molar-refractivity contribution in [2.24, 2.45) is 5.92 Å². The van der Waals surface area contributed by atoms with Crippen molar-refractivity contribution in [2.45, 2.75) is 19.4 Å². The Morgan fingerprint density at radius 3 is 2.75 bits per heavy atom. The Kier molecular flexibility index (Phi) is 7.39. The standard InChI is InChI=1S/C18H22N2O.CH2O2/c21-14-16-5-3-9-20(13-16)12-15-4-1-6-17(10-15)18-7-2-8-19-11-18;2-1-3/h1-2,4,6-8,10-11,16,21H,3,5,9,12-14H2;1H,(H,2,3). The molecule has 0 bridgehead atoms. The van der Waals surface area contributed by atoms with E-state index in [9.17, 15) is 5.11 Å². The summed E-state index contributed by atoms with van der Waals surface area (Å²) in [6, 6.07) is 12.7. The average Bonchev–Trinajstić information content (AvgIpc) is 2.63. The third kappa shape index (κ3) is 5.44. The van der Waals surface area contributed by atoms with Gasteiger partial charge in [-0.15, -0.1) is 0 Å². The number of pyridine rings is 1. The van der Waals surface area contributed by atoms with Gasteiger partial charge in [-0.3, -0.25) is 14.7 Å². The van der Waals surface area contributed by atoms with Crippen LogP contribution in [0.4, 0.5) is 0 Å². The lowest BCUT2D eigenvalue weighted by atomic mass is 9.98. The number of rotatable bonds is 4. The monoisotopic (exact) mass is 328 g/mol. The number of piperidine rings is 1. The Balaban J connectivity index is 0.000000647. The van der Waals surface area contributed by atoms with Crippen LogP contribution in [0.3, 0.4) is 0 Å². The van der Waals surface area contributed by atoms with Crippen LogP contribution in [-0.2, 0) is 11.3 Å². The third-order valence-corrected chi connectivity index (χ3v) is 4.19. The van der Waals surface area contributed by atoms with Crippen LogP contribution in [0, 0.1) is 5.92 Å². The Morgan fingerprint density at radius 1 is 1.25 bits per heavy atom. The largest absolute Gasteiger partial charge is 0.483 e. The summed E-state index contributed by atoms with van der Waals surface area (Å²) in [5.41, 5.74) is 3.71. The Hall–Kier alpha value is -2.24. The number of hydrogen-bond donors (Lipinski definition) is 2. The zero-order valence-corrected chi connectivity index (χ0v) is 13.7. The van der Waals surface area contributed by atoms with Crippen LogP contribution >= 0.6 is 0 Å². The van der Waals surface area contributed by atoms with Crippen molar-refractivity contribution in [3.8, 4) is 11.1 Å². The molecule has 5 heteroatoms. The van der Waals surface area contributed by atoms with Crippen molar-refractivity contribution < 1.29 is 15.0 Å². The number of benzene rings is 1. The maximum atomic E-state index is 9.33. The normalized spacial score (nSPS) is 17.6. The molecule has 0 radical (unpaired) electrons. The summed E-state index contributed by atoms with van der Waals surface area (Å²) in [5, 5.41) is 16.2. The van der Waals surface area contributed by atoms with Crippen molar-refractivity contribution in [1.29, 1.82) is 0 Å². The molecule has 1 aliphatic heterocycles. The molecule has 2 heterocycles. The maximum absolute atomic E-state index is 9.33. The van der Waals surface area contributed by atoms with Gasteiger partial charge in [-0.2, -0.15) is 0 Å². The van der Waals surface area contributed by atoms with Gasteiger partial charge in [-0.1, -0.05) is 24.3 Å². The summed E-state index contributed by atoms with van der Waals surface area (Å²) in [5.74, 6) is 0.445. The van der Waals surface area contributed by atoms with Gasteiger partial charge in [-0.25, -0.2) is 0 Å². The van der Waals surface area contributed by atoms with Crippen molar-refractivity contribution in [2.75, 3.05) is 19.7 Å². The quantitative estimate of drug-likeness (QED) is 0.844. The second kappa shape index (κ2) is 9.80. The van der Waals surface area contributed by atoms with Gasteiger partial charge in [0.05, 0.1) is 0 Å². The molecule has 2 aromatic rings. The van der Waals surface area contributed by atoms with Gasteiger partial charge in [0.15, 0.2) is 0 Å². The highest BCUT2D eigenvalue weighted by atomic mass is 16.3. The molecule has 1 aliphatic rings. The Bertz CT molecular complexity index is 619. The first-order valence-electron chi connectivity index (χ1n) is 8.17. The fraction of sp³-hybridized carbons (Fsp3) is 0.368. The molecule has 0 aliphatic carbocycles. The van der Waals surface area contributed by atoms with Gasteiger partial charge in [0.25, 0.3) is 6.47 Å². The zero-order valence-electron chi connectivity index (χ0n) is 13.7. The lowest BCUT2D eigenvalue weighted by Gasteiger charge is -2.31. The van der Waals surface area contributed by atoms with Crippen molar-refractivity contribution >= 4 is 6.47 Å². The summed E-state index contributed by atoms with van der Waals surface area (Å²) >= 11 is 0. The van der Waals surface area contributed by atoms with E-state index in [1.807, 2.05) is 12.3 Å². The van der Waals surface area contributed by atoms with Crippen LogP contribution in [-0.4, -0.2) is 46.3 Å². The number of hydrogen-bond acceptors (Lipinski definition) is 4. The summed E-state index contributed by atoms with van der Waals surface area (Å²) in [7, 11) is 0. The molecular formula is C19H24N2O3. The first-order valence-corrected chi connectivity index (χ1v) is 8.17. The van der Waals surface area contributed by atoms with Crippen LogP contribution in [0.15, 0.2) is 48.8 Å². The number of nitrogens with zero attached hydrogens (tertiary/aromatic N) is 2. The summed E-state index contributed by atoms with van der Waals surface area (Å²) in [4.78, 5) is 15.0. The van der Waals surface area contributed by atoms with E-state index in [1.165, 1.54) is 17.5 Å². The van der Waals surface area contributed by atoms with Gasteiger partial charge in [0.1, 0.15) is 0 Å². The Labute approximate surface area is 142 Å². The minimum Gasteiger partial charge on any atom is -0.483 e. The average molecular weight is 328 g/mol. The minimum atomic E-state index is -0.250. The van der Waals surface area contributed by atoms with E-state index in [0.717, 1.165) is 31.6 Å². The van der Waals surface area contributed by atoms with Gasteiger partial charge in [0.2, 0.25) is 0 Å². The van der Waals surface area contributed by atoms with Crippen LogP contribution in [0.1, 0.15) is 18.4 Å². The number of carboxylic acid groups (broad SMARTS) is 1. The van der Waals surface area contributed by atoms with Gasteiger partial charge in [0, 0.05) is 32.1 Å². The smallest absolute Gasteiger partial charge is 0.290 e. The molecule has 1 aromatic carbocycles. The molecule has 5 nitrogen and oxygen atoms in total. The molecule has 0 spiro atoms. The lowest BCUT2D eigenvalue weighted by molar-refractivity contribution is -0.122. The number of carbonyl (C=O) groups is 1. The van der Waals surface area contributed by atoms with Crippen molar-refractivity contribution in [3.05, 3.63) is 54.4 Å². The minimum absolute atomic E-state index is 0.250. The molecule has 2 N–H and O–H groups in total. The van der Waals surface area contributed by atoms with Crippen LogP contribution in [0.2, 0.25) is 0 Å². The molecule has 1 unspecified atom stereocenters. The third-order valence-electron chi connectivity index (χ3n) is 4.19. The van der Waals surface area contributed by atoms with Gasteiger partial charge < -0.3 is 10.2 Å². The topological polar surface area (TPSA) is 73.7 Å². The fourth-order valence-corrected chi connectivity index (χ4v) is 3.08. The zero-order chi connectivity index (χ0) is 17.2. The van der Waals surface area contributed by atoms with Gasteiger partial charge in [-0.05, 0) is 54.1 Å². The molecule has 0 saturated carbocycles. The van der Waals surface area contributed by atoms with E-state index in [-0.39, 0.29) is 6.47 Å². The number of aliphatic hydroxyl groups excluding tert-OH is 1. The van der Waals surface area contributed by atoms with Crippen LogP contribution in [0.25, 0.3) is 11.1 Å². The highest BCUT2D eigenvalue weighted by Crippen LogP contribution is 2.22. The molecule has 1 aromatic heterocycles. The molecular weight excluding hydrogens is 304 g/mol. The van der Waals surface area contributed by atoms with Crippen LogP contribution in [0.5, 0.6) is 0 Å². The van der Waals surface area contributed by atoms with Crippen molar-refractivity contribution in [3.63, 3.8) is 0 Å². The predicted octanol–water partition coefficient (Wildman–Crippen LogP) is 2.65. The molecule has 1 saturated heterocycles. The summed E-state index contributed by atoms with van der Waals surface area (Å²) in [6.07, 6.45) is 6.05. The number of aromatic nitrogens is 1. The molecule has 1 fully saturated rings. The van der Waals surface area contributed by atoms with Gasteiger partial charge >= 0.3 is 0 Å². The second-order valence-electron chi connectivity index (χ2n) is 5.97. The van der Waals surface area contributed by atoms with Crippen molar-refractivity contribution in [1.82, 2.24) is 9.88 Å². The Morgan fingerprint density at radius 2 is 2.04 bits per heavy atom. The molecule has 128 valence electrons. The number of likely N-dealkylation sites (tertiary alicyclic amines) is 1. The van der Waals surface area contributed by atoms with E-state index in [1.54, 1.807) is 6.20 Å². The highest BCUT2D eigenvalue weighted by molar-refractivity contribution is 5.62. The lowest BCUT2D eigenvalue weighted by Crippen LogP contribution is -2.36. The SMILES string of the molecule is O=CO.OCC1CCCN(Cc2cccc(-c3cccnc3)c2)C1. The number of aliphatic hydroxyl groups is 1. The van der Waals surface area contributed by atoms with E-state index < -0.39 is 0 Å². The van der Waals surface area contributed by atoms with E-state index in [0.29, 0.717) is 12.5 Å². The highest BCUT2D eigenvalue weighted by Gasteiger charge is 2.19. The van der Waals surface area contributed by atoms with Crippen LogP contribution < -0.4 is 0 Å². The first kappa shape index (κ1) is 18.1. The van der Waals surface area contributed by atoms with E-state index in [4.69, 9.17) is 9.90 Å². The molecule has 0 amide bonds. The molecule has 3 rings (SSSR count). The summed E-state index contributed by atoms with van der Waals surface area (Å²) < 4.78 is 0. The van der Waals surface area contributed by atoms with E-state index >= 15 is 0 Å². The second-order valence-corrected chi connectivity index (χ2v) is 5.97. The summed E-state index contributed by atoms with van der Waals surface area (Å²) in [6.45, 7) is 3.16. The first-order chi connectivity index (χ1) is 11.8. The molecule has 1 atom stereocenters. The fourth-order valence-electron chi connectivity index (χ4n) is 3.08. The maximum Gasteiger partial charge on any atom is 0.290 e. The molecule has 24 heavy (non-hydrogen) atoms. The predicted molar refractivity (Wildman–Crippen MR) is 93.5 cm³/mol.